The zero-order valence-electron chi connectivity index (χ0n) is 11.8. The highest BCUT2D eigenvalue weighted by atomic mass is 16.4. The Kier molecular flexibility index (Phi) is 3.04. The zero-order valence-corrected chi connectivity index (χ0v) is 11.8. The molecule has 6 nitrogen and oxygen atoms in total. The molecule has 2 fully saturated rings. The summed E-state index contributed by atoms with van der Waals surface area (Å²) in [4.78, 5) is 24.5. The molecule has 0 unspecified atom stereocenters. The Morgan fingerprint density at radius 2 is 1.74 bits per heavy atom. The molecule has 0 aromatic rings. The fourth-order valence-electron chi connectivity index (χ4n) is 3.04. The van der Waals surface area contributed by atoms with Gasteiger partial charge in [0.1, 0.15) is 6.04 Å². The highest BCUT2D eigenvalue weighted by Crippen LogP contribution is 2.62. The van der Waals surface area contributed by atoms with Gasteiger partial charge in [-0.3, -0.25) is 0 Å². The van der Waals surface area contributed by atoms with Gasteiger partial charge in [-0.2, -0.15) is 0 Å². The molecule has 1 heterocycles. The molecule has 2 aliphatic rings. The lowest BCUT2D eigenvalue weighted by atomic mass is 10.0. The molecule has 0 spiro atoms. The third kappa shape index (κ3) is 2.08. The van der Waals surface area contributed by atoms with Gasteiger partial charge < -0.3 is 20.4 Å². The minimum atomic E-state index is -1.07. The van der Waals surface area contributed by atoms with Crippen LogP contribution in [0.2, 0.25) is 0 Å². The number of carboxylic acids is 1. The average molecular weight is 270 g/mol. The normalized spacial score (nSPS) is 32.2. The van der Waals surface area contributed by atoms with Crippen molar-refractivity contribution in [3.63, 3.8) is 0 Å². The van der Waals surface area contributed by atoms with Crippen molar-refractivity contribution in [2.75, 3.05) is 6.54 Å². The molecular formula is C13H22N2O4. The number of hydrogen-bond acceptors (Lipinski definition) is 3. The van der Waals surface area contributed by atoms with Crippen LogP contribution in [0.5, 0.6) is 0 Å². The molecular weight excluding hydrogens is 248 g/mol. The summed E-state index contributed by atoms with van der Waals surface area (Å²) in [6.07, 6.45) is -0.660. The summed E-state index contributed by atoms with van der Waals surface area (Å²) in [5.41, 5.74) is -0.000554. The first kappa shape index (κ1) is 14.1. The fourth-order valence-corrected chi connectivity index (χ4v) is 3.04. The average Bonchev–Trinajstić information content (AvgIpc) is 2.65. The van der Waals surface area contributed by atoms with E-state index in [1.165, 1.54) is 4.90 Å². The van der Waals surface area contributed by atoms with Crippen LogP contribution in [0.15, 0.2) is 0 Å². The van der Waals surface area contributed by atoms with E-state index in [1.54, 1.807) is 0 Å². The number of carboxylic acid groups (broad SMARTS) is 1. The van der Waals surface area contributed by atoms with E-state index in [0.717, 1.165) is 0 Å². The number of likely N-dealkylation sites (tertiary alicyclic amines) is 1. The van der Waals surface area contributed by atoms with Gasteiger partial charge in [-0.15, -0.1) is 0 Å². The maximum Gasteiger partial charge on any atom is 0.326 e. The van der Waals surface area contributed by atoms with Crippen LogP contribution in [0.25, 0.3) is 0 Å². The lowest BCUT2D eigenvalue weighted by molar-refractivity contribution is -0.141. The lowest BCUT2D eigenvalue weighted by Crippen LogP contribution is -2.47. The Hall–Kier alpha value is -1.30. The summed E-state index contributed by atoms with van der Waals surface area (Å²) in [5.74, 6) is -1.07. The quantitative estimate of drug-likeness (QED) is 0.687. The van der Waals surface area contributed by atoms with E-state index < -0.39 is 24.1 Å². The number of aliphatic hydroxyl groups is 1. The SMILES string of the molecule is CC1(C)C(NC(=O)N2C[C@H](O)C[C@@H]2C(=O)O)C1(C)C. The van der Waals surface area contributed by atoms with Crippen LogP contribution in [-0.2, 0) is 4.79 Å². The number of nitrogens with zero attached hydrogens (tertiary/aromatic N) is 1. The first-order chi connectivity index (χ1) is 8.59. The van der Waals surface area contributed by atoms with E-state index in [2.05, 4.69) is 33.0 Å². The monoisotopic (exact) mass is 270 g/mol. The summed E-state index contributed by atoms with van der Waals surface area (Å²) in [6, 6.07) is -1.30. The third-order valence-corrected chi connectivity index (χ3v) is 5.11. The van der Waals surface area contributed by atoms with E-state index >= 15 is 0 Å². The Bertz CT molecular complexity index is 405. The number of rotatable bonds is 2. The summed E-state index contributed by atoms with van der Waals surface area (Å²) in [7, 11) is 0. The molecule has 1 aliphatic heterocycles. The minimum Gasteiger partial charge on any atom is -0.480 e. The Balaban J connectivity index is 2.03. The molecule has 3 N–H and O–H groups in total. The van der Waals surface area contributed by atoms with Crippen LogP contribution in [0.1, 0.15) is 34.1 Å². The molecule has 1 saturated heterocycles. The molecule has 2 atom stereocenters. The largest absolute Gasteiger partial charge is 0.480 e. The van der Waals surface area contributed by atoms with Crippen molar-refractivity contribution in [3.8, 4) is 0 Å². The lowest BCUT2D eigenvalue weighted by Gasteiger charge is -2.22. The summed E-state index contributed by atoms with van der Waals surface area (Å²) in [6.45, 7) is 8.38. The van der Waals surface area contributed by atoms with Gasteiger partial charge >= 0.3 is 12.0 Å². The van der Waals surface area contributed by atoms with Gasteiger partial charge in [0.05, 0.1) is 6.10 Å². The molecule has 0 aromatic carbocycles. The van der Waals surface area contributed by atoms with Crippen LogP contribution in [0, 0.1) is 10.8 Å². The summed E-state index contributed by atoms with van der Waals surface area (Å²) >= 11 is 0. The van der Waals surface area contributed by atoms with Gasteiger partial charge in [-0.25, -0.2) is 9.59 Å². The van der Waals surface area contributed by atoms with E-state index in [4.69, 9.17) is 5.11 Å². The predicted octanol–water partition coefficient (Wildman–Crippen LogP) is 0.650. The Labute approximate surface area is 112 Å². The Morgan fingerprint density at radius 3 is 2.16 bits per heavy atom. The van der Waals surface area contributed by atoms with Crippen molar-refractivity contribution in [2.24, 2.45) is 10.8 Å². The second kappa shape index (κ2) is 4.10. The van der Waals surface area contributed by atoms with Gasteiger partial charge in [-0.05, 0) is 10.8 Å². The molecule has 108 valence electrons. The first-order valence-corrected chi connectivity index (χ1v) is 6.57. The summed E-state index contributed by atoms with van der Waals surface area (Å²) in [5, 5.41) is 21.5. The van der Waals surface area contributed by atoms with Crippen LogP contribution in [-0.4, -0.2) is 51.8 Å². The molecule has 0 radical (unpaired) electrons. The number of aliphatic carboxylic acids is 1. The predicted molar refractivity (Wildman–Crippen MR) is 68.6 cm³/mol. The number of carbonyl (C=O) groups excluding carboxylic acids is 1. The number of aliphatic hydroxyl groups excluding tert-OH is 1. The van der Waals surface area contributed by atoms with Gasteiger partial charge in [0.25, 0.3) is 0 Å². The van der Waals surface area contributed by atoms with Gasteiger partial charge in [-0.1, -0.05) is 27.7 Å². The number of hydrogen-bond donors (Lipinski definition) is 3. The first-order valence-electron chi connectivity index (χ1n) is 6.57. The van der Waals surface area contributed by atoms with Gasteiger partial charge in [0.15, 0.2) is 0 Å². The maximum absolute atomic E-state index is 12.2. The van der Waals surface area contributed by atoms with E-state index in [0.29, 0.717) is 0 Å². The summed E-state index contributed by atoms with van der Waals surface area (Å²) < 4.78 is 0. The van der Waals surface area contributed by atoms with Crippen molar-refractivity contribution in [3.05, 3.63) is 0 Å². The highest BCUT2D eigenvalue weighted by Gasteiger charge is 2.65. The van der Waals surface area contributed by atoms with Crippen LogP contribution in [0.3, 0.4) is 0 Å². The van der Waals surface area contributed by atoms with E-state index in [9.17, 15) is 14.7 Å². The van der Waals surface area contributed by atoms with Crippen molar-refractivity contribution < 1.29 is 19.8 Å². The second-order valence-electron chi connectivity index (χ2n) is 6.72. The van der Waals surface area contributed by atoms with Crippen molar-refractivity contribution in [2.45, 2.75) is 52.3 Å². The van der Waals surface area contributed by atoms with E-state index in [-0.39, 0.29) is 29.8 Å². The molecule has 1 saturated carbocycles. The highest BCUT2D eigenvalue weighted by molar-refractivity contribution is 5.84. The minimum absolute atomic E-state index is 0.000277. The molecule has 2 rings (SSSR count). The number of β-amino-alcohol motifs (C(OH)–C–C–N with tert-alkyl or cyclic N) is 1. The molecule has 2 amide bonds. The number of nitrogens with one attached hydrogen (secondary N) is 1. The number of amides is 2. The third-order valence-electron chi connectivity index (χ3n) is 5.11. The molecule has 6 heteroatoms. The maximum atomic E-state index is 12.2. The van der Waals surface area contributed by atoms with Gasteiger partial charge in [0.2, 0.25) is 0 Å². The molecule has 1 aliphatic carbocycles. The fraction of sp³-hybridized carbons (Fsp3) is 0.846. The smallest absolute Gasteiger partial charge is 0.326 e. The van der Waals surface area contributed by atoms with Crippen LogP contribution < -0.4 is 5.32 Å². The van der Waals surface area contributed by atoms with Crippen LogP contribution in [0.4, 0.5) is 4.79 Å². The number of carbonyl (C=O) groups is 2. The number of urea groups is 1. The zero-order chi connectivity index (χ0) is 14.6. The molecule has 19 heavy (non-hydrogen) atoms. The second-order valence-corrected chi connectivity index (χ2v) is 6.72. The topological polar surface area (TPSA) is 89.9 Å². The van der Waals surface area contributed by atoms with Crippen molar-refractivity contribution >= 4 is 12.0 Å². The van der Waals surface area contributed by atoms with Gasteiger partial charge in [0, 0.05) is 19.0 Å². The van der Waals surface area contributed by atoms with Crippen molar-refractivity contribution in [1.29, 1.82) is 0 Å². The van der Waals surface area contributed by atoms with E-state index in [1.807, 2.05) is 0 Å². The van der Waals surface area contributed by atoms with Crippen molar-refractivity contribution in [1.82, 2.24) is 10.2 Å². The standard InChI is InChI=1S/C13H22N2O4/c1-12(2)10(13(12,3)4)14-11(19)15-6-7(16)5-8(15)9(17)18/h7-8,10,16H,5-6H2,1-4H3,(H,14,19)(H,17,18)/t7-,8-/m1/s1. The Morgan fingerprint density at radius 1 is 1.21 bits per heavy atom. The molecule has 0 bridgehead atoms. The van der Waals surface area contributed by atoms with Crippen LogP contribution >= 0.6 is 0 Å². The molecule has 0 aromatic heterocycles.